The van der Waals surface area contributed by atoms with Crippen LogP contribution in [0.25, 0.3) is 11.1 Å². The van der Waals surface area contributed by atoms with Crippen molar-refractivity contribution in [2.75, 3.05) is 0 Å². The molecule has 30 heavy (non-hydrogen) atoms. The molecular formula is C25H31N3O2. The van der Waals surface area contributed by atoms with Crippen molar-refractivity contribution < 1.29 is 9.90 Å². The van der Waals surface area contributed by atoms with Crippen LogP contribution in [0.4, 0.5) is 0 Å². The lowest BCUT2D eigenvalue weighted by atomic mass is 9.99. The third-order valence-corrected chi connectivity index (χ3v) is 5.08. The highest BCUT2D eigenvalue weighted by Crippen LogP contribution is 2.24. The van der Waals surface area contributed by atoms with Gasteiger partial charge in [0.15, 0.2) is 5.82 Å². The fourth-order valence-electron chi connectivity index (χ4n) is 3.49. The van der Waals surface area contributed by atoms with Gasteiger partial charge in [-0.15, -0.1) is 0 Å². The summed E-state index contributed by atoms with van der Waals surface area (Å²) < 4.78 is 2.03. The van der Waals surface area contributed by atoms with E-state index < -0.39 is 5.97 Å². The van der Waals surface area contributed by atoms with Crippen molar-refractivity contribution in [3.63, 3.8) is 0 Å². The Morgan fingerprint density at radius 2 is 1.70 bits per heavy atom. The minimum Gasteiger partial charge on any atom is -0.478 e. The maximum atomic E-state index is 11.5. The Hall–Kier alpha value is -2.95. The lowest BCUT2D eigenvalue weighted by Gasteiger charge is -2.10. The van der Waals surface area contributed by atoms with Crippen LogP contribution in [0.15, 0.2) is 48.5 Å². The van der Waals surface area contributed by atoms with Gasteiger partial charge in [0.25, 0.3) is 0 Å². The lowest BCUT2D eigenvalue weighted by Crippen LogP contribution is -2.08. The van der Waals surface area contributed by atoms with Crippen molar-refractivity contribution >= 4 is 5.97 Å². The minimum atomic E-state index is -0.912. The standard InChI is InChI=1S/C25H31N3O2/c1-17(2)9-14-24-26-23(15-18(3)4)27-28(24)16-19-10-12-20(13-11-19)21-7-5-6-8-22(21)25(29)30/h5-8,10-13,17-18H,9,14-16H2,1-4H3,(H,29,30). The first-order valence-electron chi connectivity index (χ1n) is 10.7. The molecule has 3 aromatic rings. The Morgan fingerprint density at radius 1 is 1.00 bits per heavy atom. The van der Waals surface area contributed by atoms with Crippen molar-refractivity contribution in [1.82, 2.24) is 14.8 Å². The fraction of sp³-hybridized carbons (Fsp3) is 0.400. The van der Waals surface area contributed by atoms with Gasteiger partial charge in [-0.3, -0.25) is 0 Å². The van der Waals surface area contributed by atoms with Crippen LogP contribution in [0.2, 0.25) is 0 Å². The van der Waals surface area contributed by atoms with Crippen molar-refractivity contribution in [1.29, 1.82) is 0 Å². The first-order valence-corrected chi connectivity index (χ1v) is 10.7. The van der Waals surface area contributed by atoms with E-state index in [4.69, 9.17) is 10.1 Å². The van der Waals surface area contributed by atoms with E-state index in [1.165, 1.54) is 0 Å². The molecule has 1 aromatic heterocycles. The Bertz CT molecular complexity index is 988. The number of hydrogen-bond acceptors (Lipinski definition) is 3. The Labute approximate surface area is 178 Å². The molecule has 0 saturated heterocycles. The largest absolute Gasteiger partial charge is 0.478 e. The second kappa shape index (κ2) is 9.70. The molecule has 5 nitrogen and oxygen atoms in total. The zero-order valence-electron chi connectivity index (χ0n) is 18.3. The van der Waals surface area contributed by atoms with Crippen molar-refractivity contribution in [2.45, 2.75) is 53.5 Å². The van der Waals surface area contributed by atoms with E-state index in [1.54, 1.807) is 12.1 Å². The summed E-state index contributed by atoms with van der Waals surface area (Å²) >= 11 is 0. The molecule has 0 spiro atoms. The SMILES string of the molecule is CC(C)CCc1nc(CC(C)C)nn1Cc1ccc(-c2ccccc2C(=O)O)cc1. The second-order valence-corrected chi connectivity index (χ2v) is 8.68. The molecule has 0 aliphatic rings. The van der Waals surface area contributed by atoms with Crippen LogP contribution in [-0.4, -0.2) is 25.8 Å². The molecule has 0 aliphatic carbocycles. The third-order valence-electron chi connectivity index (χ3n) is 5.08. The maximum Gasteiger partial charge on any atom is 0.336 e. The average molecular weight is 406 g/mol. The topological polar surface area (TPSA) is 68.0 Å². The van der Waals surface area contributed by atoms with Crippen LogP contribution in [0.5, 0.6) is 0 Å². The predicted molar refractivity (Wildman–Crippen MR) is 120 cm³/mol. The van der Waals surface area contributed by atoms with Crippen LogP contribution >= 0.6 is 0 Å². The lowest BCUT2D eigenvalue weighted by molar-refractivity contribution is 0.0697. The van der Waals surface area contributed by atoms with E-state index in [0.29, 0.717) is 23.9 Å². The van der Waals surface area contributed by atoms with Crippen molar-refractivity contribution in [2.24, 2.45) is 11.8 Å². The highest BCUT2D eigenvalue weighted by molar-refractivity contribution is 5.95. The molecule has 2 aromatic carbocycles. The smallest absolute Gasteiger partial charge is 0.336 e. The molecule has 0 aliphatic heterocycles. The summed E-state index contributed by atoms with van der Waals surface area (Å²) in [7, 11) is 0. The van der Waals surface area contributed by atoms with Gasteiger partial charge < -0.3 is 5.11 Å². The molecule has 0 radical (unpaired) electrons. The fourth-order valence-corrected chi connectivity index (χ4v) is 3.49. The zero-order valence-corrected chi connectivity index (χ0v) is 18.3. The first-order chi connectivity index (χ1) is 14.3. The van der Waals surface area contributed by atoms with Crippen LogP contribution in [0, 0.1) is 11.8 Å². The summed E-state index contributed by atoms with van der Waals surface area (Å²) in [6.45, 7) is 9.48. The number of benzene rings is 2. The number of carboxylic acids is 1. The minimum absolute atomic E-state index is 0.316. The predicted octanol–water partition coefficient (Wildman–Crippen LogP) is 5.48. The Morgan fingerprint density at radius 3 is 2.33 bits per heavy atom. The summed E-state index contributed by atoms with van der Waals surface area (Å²) in [5, 5.41) is 14.2. The summed E-state index contributed by atoms with van der Waals surface area (Å²) in [5.74, 6) is 2.19. The molecule has 158 valence electrons. The monoisotopic (exact) mass is 405 g/mol. The molecule has 0 bridgehead atoms. The van der Waals surface area contributed by atoms with Gasteiger partial charge in [-0.1, -0.05) is 70.2 Å². The number of carbonyl (C=O) groups is 1. The summed E-state index contributed by atoms with van der Waals surface area (Å²) in [6.07, 6.45) is 2.89. The van der Waals surface area contributed by atoms with Gasteiger partial charge in [0.05, 0.1) is 12.1 Å². The molecule has 5 heteroatoms. The highest BCUT2D eigenvalue weighted by Gasteiger charge is 2.14. The Balaban J connectivity index is 1.83. The first kappa shape index (κ1) is 21.8. The third kappa shape index (κ3) is 5.56. The average Bonchev–Trinajstić information content (AvgIpc) is 3.07. The van der Waals surface area contributed by atoms with Crippen molar-refractivity contribution in [3.05, 3.63) is 71.3 Å². The van der Waals surface area contributed by atoms with Crippen molar-refractivity contribution in [3.8, 4) is 11.1 Å². The molecule has 0 amide bonds. The van der Waals surface area contributed by atoms with Gasteiger partial charge >= 0.3 is 5.97 Å². The van der Waals surface area contributed by atoms with Crippen LogP contribution in [0.1, 0.15) is 61.7 Å². The maximum absolute atomic E-state index is 11.5. The van der Waals surface area contributed by atoms with E-state index in [-0.39, 0.29) is 0 Å². The molecule has 0 unspecified atom stereocenters. The summed E-state index contributed by atoms with van der Waals surface area (Å²) in [6, 6.07) is 15.2. The Kier molecular flexibility index (Phi) is 7.03. The van der Waals surface area contributed by atoms with Gasteiger partial charge in [0.2, 0.25) is 0 Å². The number of hydrogen-bond donors (Lipinski definition) is 1. The number of aromatic nitrogens is 3. The summed E-state index contributed by atoms with van der Waals surface area (Å²) in [4.78, 5) is 16.3. The second-order valence-electron chi connectivity index (χ2n) is 8.68. The molecule has 0 atom stereocenters. The number of rotatable bonds is 9. The van der Waals surface area contributed by atoms with Gasteiger partial charge in [0.1, 0.15) is 5.82 Å². The van der Waals surface area contributed by atoms with Crippen LogP contribution < -0.4 is 0 Å². The number of carboxylic acid groups (broad SMARTS) is 1. The molecule has 0 saturated carbocycles. The highest BCUT2D eigenvalue weighted by atomic mass is 16.4. The molecule has 1 N–H and O–H groups in total. The molecule has 3 rings (SSSR count). The van der Waals surface area contributed by atoms with E-state index in [0.717, 1.165) is 47.6 Å². The molecule has 1 heterocycles. The van der Waals surface area contributed by atoms with Gasteiger partial charge in [-0.25, -0.2) is 14.5 Å². The van der Waals surface area contributed by atoms with Gasteiger partial charge in [-0.2, -0.15) is 5.10 Å². The molecular weight excluding hydrogens is 374 g/mol. The molecule has 0 fully saturated rings. The van der Waals surface area contributed by atoms with Crippen LogP contribution in [0.3, 0.4) is 0 Å². The quantitative estimate of drug-likeness (QED) is 0.512. The number of nitrogens with zero attached hydrogens (tertiary/aromatic N) is 3. The number of aromatic carboxylic acids is 1. The van der Waals surface area contributed by atoms with E-state index in [1.807, 2.05) is 41.1 Å². The van der Waals surface area contributed by atoms with E-state index >= 15 is 0 Å². The van der Waals surface area contributed by atoms with Gasteiger partial charge in [0, 0.05) is 12.8 Å². The van der Waals surface area contributed by atoms with Gasteiger partial charge in [-0.05, 0) is 41.0 Å². The van der Waals surface area contributed by atoms with E-state index in [9.17, 15) is 9.90 Å². The summed E-state index contributed by atoms with van der Waals surface area (Å²) in [5.41, 5.74) is 3.07. The zero-order chi connectivity index (χ0) is 21.7. The van der Waals surface area contributed by atoms with E-state index in [2.05, 4.69) is 27.7 Å². The van der Waals surface area contributed by atoms with Crippen LogP contribution in [-0.2, 0) is 19.4 Å². The normalized spacial score (nSPS) is 11.4. The number of aryl methyl sites for hydroxylation is 1.